The lowest BCUT2D eigenvalue weighted by atomic mass is 9.77. The topological polar surface area (TPSA) is 58.4 Å². The van der Waals surface area contributed by atoms with Crippen LogP contribution in [0.25, 0.3) is 10.6 Å². The van der Waals surface area contributed by atoms with Crippen LogP contribution in [0.4, 0.5) is 0 Å². The molecule has 22 heavy (non-hydrogen) atoms. The molecular weight excluding hydrogens is 298 g/mol. The number of carbonyl (C=O) groups excluding carboxylic acids is 1. The van der Waals surface area contributed by atoms with Crippen LogP contribution in [0.1, 0.15) is 31.5 Å². The Balaban J connectivity index is 1.49. The largest absolute Gasteiger partial charge is 0.389 e. The SMILES string of the molecule is O=C(CC1(O)CCC1)N1CCn2c(-c3cccs3)cnc2C1. The van der Waals surface area contributed by atoms with Crippen LogP contribution in [0.2, 0.25) is 0 Å². The van der Waals surface area contributed by atoms with Gasteiger partial charge in [0.2, 0.25) is 5.91 Å². The average Bonchev–Trinajstić information content (AvgIpc) is 3.13. The molecule has 4 rings (SSSR count). The quantitative estimate of drug-likeness (QED) is 0.944. The molecule has 1 aliphatic heterocycles. The Morgan fingerprint density at radius 3 is 2.95 bits per heavy atom. The van der Waals surface area contributed by atoms with E-state index >= 15 is 0 Å². The lowest BCUT2D eigenvalue weighted by Crippen LogP contribution is -2.45. The lowest BCUT2D eigenvalue weighted by molar-refractivity contribution is -0.141. The molecule has 1 N–H and O–H groups in total. The Morgan fingerprint density at radius 1 is 1.41 bits per heavy atom. The van der Waals surface area contributed by atoms with Crippen LogP contribution < -0.4 is 0 Å². The van der Waals surface area contributed by atoms with Gasteiger partial charge in [0, 0.05) is 13.1 Å². The van der Waals surface area contributed by atoms with Gasteiger partial charge in [-0.2, -0.15) is 0 Å². The molecule has 2 aromatic heterocycles. The van der Waals surface area contributed by atoms with E-state index in [1.807, 2.05) is 17.2 Å². The van der Waals surface area contributed by atoms with Gasteiger partial charge in [-0.25, -0.2) is 4.98 Å². The molecule has 116 valence electrons. The first-order valence-electron chi connectivity index (χ1n) is 7.73. The standard InChI is InChI=1S/C16H19N3O2S/c20-15(9-16(21)4-2-5-16)18-6-7-19-12(10-17-14(19)11-18)13-3-1-8-22-13/h1,3,8,10,21H,2,4-7,9,11H2. The number of nitrogens with zero attached hydrogens (tertiary/aromatic N) is 3. The van der Waals surface area contributed by atoms with Gasteiger partial charge in [-0.3, -0.25) is 4.79 Å². The number of thiophene rings is 1. The zero-order valence-corrected chi connectivity index (χ0v) is 13.2. The molecule has 0 unspecified atom stereocenters. The zero-order valence-electron chi connectivity index (χ0n) is 12.4. The van der Waals surface area contributed by atoms with Crippen molar-refractivity contribution in [3.05, 3.63) is 29.5 Å². The monoisotopic (exact) mass is 317 g/mol. The van der Waals surface area contributed by atoms with E-state index in [9.17, 15) is 9.90 Å². The maximum atomic E-state index is 12.4. The van der Waals surface area contributed by atoms with E-state index in [-0.39, 0.29) is 12.3 Å². The molecule has 0 spiro atoms. The average molecular weight is 317 g/mol. The third-order valence-corrected chi connectivity index (χ3v) is 5.65. The fraction of sp³-hybridized carbons (Fsp3) is 0.500. The summed E-state index contributed by atoms with van der Waals surface area (Å²) in [5.41, 5.74) is 0.390. The summed E-state index contributed by atoms with van der Waals surface area (Å²) in [6.45, 7) is 2.00. The number of hydrogen-bond donors (Lipinski definition) is 1. The minimum Gasteiger partial charge on any atom is -0.389 e. The van der Waals surface area contributed by atoms with E-state index in [1.54, 1.807) is 11.3 Å². The second kappa shape index (κ2) is 5.21. The maximum absolute atomic E-state index is 12.4. The summed E-state index contributed by atoms with van der Waals surface area (Å²) in [6, 6.07) is 4.14. The van der Waals surface area contributed by atoms with Crippen LogP contribution in [-0.4, -0.2) is 37.6 Å². The molecule has 0 bridgehead atoms. The van der Waals surface area contributed by atoms with Gasteiger partial charge in [0.25, 0.3) is 0 Å². The van der Waals surface area contributed by atoms with Gasteiger partial charge in [0.1, 0.15) is 5.82 Å². The normalized spacial score (nSPS) is 19.6. The Bertz CT molecular complexity index is 688. The highest BCUT2D eigenvalue weighted by atomic mass is 32.1. The van der Waals surface area contributed by atoms with E-state index in [0.29, 0.717) is 13.1 Å². The molecule has 0 radical (unpaired) electrons. The fourth-order valence-corrected chi connectivity index (χ4v) is 3.99. The first kappa shape index (κ1) is 14.0. The minimum absolute atomic E-state index is 0.0501. The van der Waals surface area contributed by atoms with Crippen molar-refractivity contribution in [3.63, 3.8) is 0 Å². The molecule has 0 saturated heterocycles. The molecule has 1 amide bonds. The van der Waals surface area contributed by atoms with E-state index in [2.05, 4.69) is 21.0 Å². The Morgan fingerprint density at radius 2 is 2.27 bits per heavy atom. The van der Waals surface area contributed by atoms with Crippen LogP contribution in [0.15, 0.2) is 23.7 Å². The number of carbonyl (C=O) groups is 1. The number of imidazole rings is 1. The highest BCUT2D eigenvalue weighted by molar-refractivity contribution is 7.13. The Labute approximate surface area is 133 Å². The molecule has 1 fully saturated rings. The first-order valence-corrected chi connectivity index (χ1v) is 8.61. The molecule has 0 atom stereocenters. The van der Waals surface area contributed by atoms with Crippen molar-refractivity contribution in [3.8, 4) is 10.6 Å². The molecule has 6 heteroatoms. The van der Waals surface area contributed by atoms with Gasteiger partial charge in [-0.1, -0.05) is 6.07 Å². The number of rotatable bonds is 3. The molecule has 3 heterocycles. The predicted molar refractivity (Wildman–Crippen MR) is 84.4 cm³/mol. The van der Waals surface area contributed by atoms with Gasteiger partial charge in [0.15, 0.2) is 0 Å². The van der Waals surface area contributed by atoms with Crippen molar-refractivity contribution < 1.29 is 9.90 Å². The number of amides is 1. The van der Waals surface area contributed by atoms with Crippen LogP contribution in [0.3, 0.4) is 0 Å². The molecule has 1 saturated carbocycles. The van der Waals surface area contributed by atoms with Crippen molar-refractivity contribution in [1.29, 1.82) is 0 Å². The van der Waals surface area contributed by atoms with Crippen molar-refractivity contribution >= 4 is 17.2 Å². The second-order valence-electron chi connectivity index (χ2n) is 6.26. The first-order chi connectivity index (χ1) is 10.6. The van der Waals surface area contributed by atoms with E-state index in [1.165, 1.54) is 4.88 Å². The van der Waals surface area contributed by atoms with Crippen LogP contribution >= 0.6 is 11.3 Å². The zero-order chi connectivity index (χ0) is 15.2. The van der Waals surface area contributed by atoms with E-state index in [4.69, 9.17) is 0 Å². The molecular formula is C16H19N3O2S. The van der Waals surface area contributed by atoms with Gasteiger partial charge in [-0.15, -0.1) is 11.3 Å². The summed E-state index contributed by atoms with van der Waals surface area (Å²) >= 11 is 1.70. The van der Waals surface area contributed by atoms with Gasteiger partial charge in [0.05, 0.1) is 35.3 Å². The molecule has 0 aromatic carbocycles. The van der Waals surface area contributed by atoms with Gasteiger partial charge >= 0.3 is 0 Å². The van der Waals surface area contributed by atoms with Crippen molar-refractivity contribution in [2.24, 2.45) is 0 Å². The summed E-state index contributed by atoms with van der Waals surface area (Å²) in [5, 5.41) is 12.2. The number of aromatic nitrogens is 2. The molecule has 5 nitrogen and oxygen atoms in total. The summed E-state index contributed by atoms with van der Waals surface area (Å²) in [7, 11) is 0. The second-order valence-corrected chi connectivity index (χ2v) is 7.21. The highest BCUT2D eigenvalue weighted by Crippen LogP contribution is 2.35. The van der Waals surface area contributed by atoms with Crippen molar-refractivity contribution in [2.45, 2.75) is 44.4 Å². The molecule has 1 aliphatic carbocycles. The highest BCUT2D eigenvalue weighted by Gasteiger charge is 2.38. The van der Waals surface area contributed by atoms with Crippen LogP contribution in [-0.2, 0) is 17.9 Å². The molecule has 2 aromatic rings. The minimum atomic E-state index is -0.744. The number of aliphatic hydroxyl groups is 1. The number of hydrogen-bond acceptors (Lipinski definition) is 4. The van der Waals surface area contributed by atoms with Gasteiger partial charge in [-0.05, 0) is 30.7 Å². The van der Waals surface area contributed by atoms with Crippen molar-refractivity contribution in [1.82, 2.24) is 14.5 Å². The van der Waals surface area contributed by atoms with Gasteiger partial charge < -0.3 is 14.6 Å². The third kappa shape index (κ3) is 2.36. The van der Waals surface area contributed by atoms with Crippen LogP contribution in [0, 0.1) is 0 Å². The summed E-state index contributed by atoms with van der Waals surface area (Å²) in [4.78, 5) is 19.9. The summed E-state index contributed by atoms with van der Waals surface area (Å²) in [5.74, 6) is 0.984. The maximum Gasteiger partial charge on any atom is 0.225 e. The number of fused-ring (bicyclic) bond motifs is 1. The predicted octanol–water partition coefficient (Wildman–Crippen LogP) is 2.26. The van der Waals surface area contributed by atoms with E-state index < -0.39 is 5.60 Å². The van der Waals surface area contributed by atoms with Crippen LogP contribution in [0.5, 0.6) is 0 Å². The fourth-order valence-electron chi connectivity index (χ4n) is 3.25. The van der Waals surface area contributed by atoms with E-state index in [0.717, 1.165) is 37.3 Å². The molecule has 2 aliphatic rings. The Hall–Kier alpha value is -1.66. The third-order valence-electron chi connectivity index (χ3n) is 4.75. The van der Waals surface area contributed by atoms with Crippen molar-refractivity contribution in [2.75, 3.05) is 6.54 Å². The summed E-state index contributed by atoms with van der Waals surface area (Å²) < 4.78 is 2.20. The summed E-state index contributed by atoms with van der Waals surface area (Å²) in [6.07, 6.45) is 4.69. The Kier molecular flexibility index (Phi) is 3.31. The smallest absolute Gasteiger partial charge is 0.225 e. The lowest BCUT2D eigenvalue weighted by Gasteiger charge is -2.38.